The van der Waals surface area contributed by atoms with E-state index in [-0.39, 0.29) is 17.4 Å². The number of amides is 2. The highest BCUT2D eigenvalue weighted by atomic mass is 32.2. The number of nitrogens with zero attached hydrogens (tertiary/aromatic N) is 4. The van der Waals surface area contributed by atoms with Gasteiger partial charge in [-0.2, -0.15) is 10.1 Å². The molecule has 1 fully saturated rings. The number of carbonyl (C=O) groups is 1. The fraction of sp³-hybridized carbons (Fsp3) is 0.303. The van der Waals surface area contributed by atoms with Crippen LogP contribution in [0.15, 0.2) is 77.9 Å². The van der Waals surface area contributed by atoms with E-state index in [1.807, 2.05) is 37.9 Å². The zero-order valence-electron chi connectivity index (χ0n) is 25.5. The monoisotopic (exact) mass is 657 g/mol. The summed E-state index contributed by atoms with van der Waals surface area (Å²) in [5.41, 5.74) is 5.76. The molecule has 0 radical (unpaired) electrons. The lowest BCUT2D eigenvalue weighted by molar-refractivity contribution is -0.274. The number of aliphatic imine (C=N–C) groups is 1. The second-order valence-corrected chi connectivity index (χ2v) is 12.1. The van der Waals surface area contributed by atoms with Gasteiger partial charge in [0.15, 0.2) is 11.3 Å². The fourth-order valence-corrected chi connectivity index (χ4v) is 6.60. The normalized spacial score (nSPS) is 17.5. The Hall–Kier alpha value is -4.39. The maximum Gasteiger partial charge on any atom is 0.573 e. The maximum absolute atomic E-state index is 15.2. The number of aromatic nitrogens is 2. The maximum atomic E-state index is 15.2. The van der Waals surface area contributed by atoms with Crippen molar-refractivity contribution in [2.45, 2.75) is 59.0 Å². The van der Waals surface area contributed by atoms with Gasteiger partial charge in [0.05, 0.1) is 11.4 Å². The average molecular weight is 658 g/mol. The molecule has 0 bridgehead atoms. The molecule has 1 N–H and O–H groups in total. The van der Waals surface area contributed by atoms with Crippen LogP contribution >= 0.6 is 11.8 Å². The van der Waals surface area contributed by atoms with Crippen molar-refractivity contribution in [3.63, 3.8) is 0 Å². The van der Waals surface area contributed by atoms with Crippen molar-refractivity contribution in [3.05, 3.63) is 95.2 Å². The van der Waals surface area contributed by atoms with Crippen LogP contribution in [-0.2, 0) is 0 Å². The summed E-state index contributed by atoms with van der Waals surface area (Å²) in [5, 5.41) is 6.89. The number of hydrogen-bond donors (Lipinski definition) is 1. The van der Waals surface area contributed by atoms with Gasteiger partial charge in [-0.3, -0.25) is 0 Å². The lowest BCUT2D eigenvalue weighted by Gasteiger charge is -2.37. The van der Waals surface area contributed by atoms with E-state index in [0.717, 1.165) is 34.6 Å². The lowest BCUT2D eigenvalue weighted by atomic mass is 10.0. The van der Waals surface area contributed by atoms with Crippen LogP contribution in [0.5, 0.6) is 5.75 Å². The molecule has 3 unspecified atom stereocenters. The van der Waals surface area contributed by atoms with Crippen LogP contribution in [0.25, 0.3) is 16.9 Å². The van der Waals surface area contributed by atoms with E-state index in [1.165, 1.54) is 52.8 Å². The fourth-order valence-electron chi connectivity index (χ4n) is 5.40. The number of amidine groups is 1. The molecule has 13 heteroatoms. The Morgan fingerprint density at radius 3 is 2.30 bits per heavy atom. The number of benzene rings is 3. The summed E-state index contributed by atoms with van der Waals surface area (Å²) >= 11 is 1.40. The molecule has 2 heterocycles. The molecule has 0 saturated carbocycles. The molecule has 242 valence electrons. The standard InChI is InChI=1S/C33H32F5N5O2S/c1-19-17-20(2)29(21(3)18-19)43-22(4)14-16-46-32(43)40-31(44)39-30(35)28(34)24-7-5-23(6-8-24)27-13-15-42(41-27)25-9-11-26(12-10-25)45-33(36,37)38/h5-13,15,17-18,22,28,30H,14,16H2,1-4H3,(H,39,44)/b40-32-. The van der Waals surface area contributed by atoms with E-state index >= 15 is 8.78 Å². The SMILES string of the molecule is Cc1cc(C)c(N2/C(=N/C(=O)NC(F)C(F)c3ccc(-c4ccn(-c5ccc(OC(F)(F)F)cc5)n4)cc3)SCCC2C)c(C)c1. The van der Waals surface area contributed by atoms with E-state index in [4.69, 9.17) is 0 Å². The van der Waals surface area contributed by atoms with Crippen molar-refractivity contribution in [2.24, 2.45) is 4.99 Å². The first-order valence-corrected chi connectivity index (χ1v) is 15.5. The summed E-state index contributed by atoms with van der Waals surface area (Å²) in [4.78, 5) is 18.9. The van der Waals surface area contributed by atoms with Gasteiger partial charge in [-0.1, -0.05) is 53.7 Å². The van der Waals surface area contributed by atoms with Crippen molar-refractivity contribution in [1.29, 1.82) is 0 Å². The number of urea groups is 1. The largest absolute Gasteiger partial charge is 0.573 e. The van der Waals surface area contributed by atoms with E-state index in [9.17, 15) is 18.0 Å². The molecule has 7 nitrogen and oxygen atoms in total. The second-order valence-electron chi connectivity index (χ2n) is 11.1. The van der Waals surface area contributed by atoms with Gasteiger partial charge in [0, 0.05) is 29.2 Å². The van der Waals surface area contributed by atoms with Crippen LogP contribution in [0.3, 0.4) is 0 Å². The summed E-state index contributed by atoms with van der Waals surface area (Å²) in [6, 6.07) is 16.0. The van der Waals surface area contributed by atoms with Crippen molar-refractivity contribution in [1.82, 2.24) is 15.1 Å². The van der Waals surface area contributed by atoms with Crippen molar-refractivity contribution in [3.8, 4) is 22.7 Å². The Morgan fingerprint density at radius 1 is 1.02 bits per heavy atom. The number of ether oxygens (including phenoxy) is 1. The average Bonchev–Trinajstić information content (AvgIpc) is 3.48. The Kier molecular flexibility index (Phi) is 9.71. The number of rotatable bonds is 7. The number of halogens is 5. The molecule has 5 rings (SSSR count). The molecular formula is C33H32F5N5O2S. The molecule has 1 aliphatic heterocycles. The minimum atomic E-state index is -4.79. The molecule has 0 spiro atoms. The van der Waals surface area contributed by atoms with Gasteiger partial charge in [0.1, 0.15) is 5.75 Å². The van der Waals surface area contributed by atoms with E-state index in [0.29, 0.717) is 22.1 Å². The number of thioether (sulfide) groups is 1. The summed E-state index contributed by atoms with van der Waals surface area (Å²) < 4.78 is 72.8. The van der Waals surface area contributed by atoms with E-state index in [1.54, 1.807) is 24.4 Å². The molecule has 4 aromatic rings. The summed E-state index contributed by atoms with van der Waals surface area (Å²) in [6.07, 6.45) is -6.79. The highest BCUT2D eigenvalue weighted by molar-refractivity contribution is 8.14. The quantitative estimate of drug-likeness (QED) is 0.159. The smallest absolute Gasteiger partial charge is 0.406 e. The van der Waals surface area contributed by atoms with Gasteiger partial charge in [-0.25, -0.2) is 18.3 Å². The van der Waals surface area contributed by atoms with E-state index in [2.05, 4.69) is 27.0 Å². The van der Waals surface area contributed by atoms with E-state index < -0.39 is 24.9 Å². The van der Waals surface area contributed by atoms with Crippen LogP contribution in [-0.4, -0.2) is 45.4 Å². The number of carbonyl (C=O) groups excluding carboxylic acids is 1. The molecule has 3 aromatic carbocycles. The third-order valence-corrected chi connectivity index (χ3v) is 8.44. The Morgan fingerprint density at radius 2 is 1.67 bits per heavy atom. The molecule has 1 saturated heterocycles. The first kappa shape index (κ1) is 33.0. The van der Waals surface area contributed by atoms with Crippen LogP contribution in [0, 0.1) is 20.8 Å². The third kappa shape index (κ3) is 7.69. The molecule has 2 amide bonds. The number of aryl methyl sites for hydroxylation is 3. The lowest BCUT2D eigenvalue weighted by Crippen LogP contribution is -2.43. The Balaban J connectivity index is 1.24. The molecule has 46 heavy (non-hydrogen) atoms. The van der Waals surface area contributed by atoms with Gasteiger partial charge >= 0.3 is 12.4 Å². The number of alkyl halides is 5. The minimum absolute atomic E-state index is 0.0112. The minimum Gasteiger partial charge on any atom is -0.406 e. The summed E-state index contributed by atoms with van der Waals surface area (Å²) in [7, 11) is 0. The first-order chi connectivity index (χ1) is 21.8. The Bertz CT molecular complexity index is 1700. The van der Waals surface area contributed by atoms with Gasteiger partial charge in [-0.05, 0) is 81.1 Å². The van der Waals surface area contributed by atoms with Gasteiger partial charge in [-0.15, -0.1) is 13.2 Å². The second kappa shape index (κ2) is 13.5. The molecular weight excluding hydrogens is 625 g/mol. The van der Waals surface area contributed by atoms with Crippen LogP contribution in [0.4, 0.5) is 32.4 Å². The molecule has 1 aliphatic rings. The zero-order valence-corrected chi connectivity index (χ0v) is 26.3. The topological polar surface area (TPSA) is 71.8 Å². The number of nitrogens with one attached hydrogen (secondary N) is 1. The first-order valence-electron chi connectivity index (χ1n) is 14.5. The van der Waals surface area contributed by atoms with Crippen molar-refractivity contribution in [2.75, 3.05) is 10.7 Å². The number of hydrogen-bond acceptors (Lipinski definition) is 4. The zero-order chi connectivity index (χ0) is 33.2. The van der Waals surface area contributed by atoms with Gasteiger partial charge in [0.2, 0.25) is 6.30 Å². The van der Waals surface area contributed by atoms with Crippen molar-refractivity contribution < 1.29 is 31.5 Å². The molecule has 1 aromatic heterocycles. The van der Waals surface area contributed by atoms with Gasteiger partial charge < -0.3 is 15.0 Å². The summed E-state index contributed by atoms with van der Waals surface area (Å²) in [6.45, 7) is 8.06. The van der Waals surface area contributed by atoms with Crippen LogP contribution in [0.2, 0.25) is 0 Å². The molecule has 0 aliphatic carbocycles. The third-order valence-electron chi connectivity index (χ3n) is 7.45. The van der Waals surface area contributed by atoms with Crippen LogP contribution in [0.1, 0.15) is 41.8 Å². The predicted octanol–water partition coefficient (Wildman–Crippen LogP) is 8.77. The molecule has 3 atom stereocenters. The summed E-state index contributed by atoms with van der Waals surface area (Å²) in [5.74, 6) is 0.387. The number of anilines is 1. The van der Waals surface area contributed by atoms with Crippen LogP contribution < -0.4 is 15.0 Å². The van der Waals surface area contributed by atoms with Crippen molar-refractivity contribution >= 4 is 28.6 Å². The predicted molar refractivity (Wildman–Crippen MR) is 170 cm³/mol. The highest BCUT2D eigenvalue weighted by Crippen LogP contribution is 2.35. The Labute approximate surface area is 267 Å². The highest BCUT2D eigenvalue weighted by Gasteiger charge is 2.31. The van der Waals surface area contributed by atoms with Gasteiger partial charge in [0.25, 0.3) is 0 Å².